The first-order chi connectivity index (χ1) is 12.4. The van der Waals surface area contributed by atoms with Crippen molar-refractivity contribution < 1.29 is 12.8 Å². The maximum absolute atomic E-state index is 12.9. The SMILES string of the molecule is CCN(CC)S(=O)(=O)c1ccc(CNC(=S)Nc2ccc(F)cc2)cc1. The second-order valence-corrected chi connectivity index (χ2v) is 7.89. The van der Waals surface area contributed by atoms with E-state index in [9.17, 15) is 12.8 Å². The fourth-order valence-corrected chi connectivity index (χ4v) is 4.03. The Bertz CT molecular complexity index is 834. The molecule has 0 saturated carbocycles. The van der Waals surface area contributed by atoms with Crippen LogP contribution in [0.25, 0.3) is 0 Å². The van der Waals surface area contributed by atoms with Crippen LogP contribution < -0.4 is 10.6 Å². The van der Waals surface area contributed by atoms with Crippen LogP contribution in [0.4, 0.5) is 10.1 Å². The molecular weight excluding hydrogens is 373 g/mol. The highest BCUT2D eigenvalue weighted by Gasteiger charge is 2.21. The predicted octanol–water partition coefficient (Wildman–Crippen LogP) is 3.34. The number of rotatable bonds is 7. The zero-order valence-electron chi connectivity index (χ0n) is 14.7. The number of anilines is 1. The molecule has 5 nitrogen and oxygen atoms in total. The highest BCUT2D eigenvalue weighted by Crippen LogP contribution is 2.16. The Morgan fingerprint density at radius 1 is 1.04 bits per heavy atom. The molecule has 0 aliphatic heterocycles. The summed E-state index contributed by atoms with van der Waals surface area (Å²) >= 11 is 5.20. The van der Waals surface area contributed by atoms with Crippen molar-refractivity contribution in [2.75, 3.05) is 18.4 Å². The highest BCUT2D eigenvalue weighted by atomic mass is 32.2. The van der Waals surface area contributed by atoms with Crippen molar-refractivity contribution in [2.24, 2.45) is 0 Å². The van der Waals surface area contributed by atoms with E-state index in [0.29, 0.717) is 30.4 Å². The van der Waals surface area contributed by atoms with Gasteiger partial charge < -0.3 is 10.6 Å². The van der Waals surface area contributed by atoms with Gasteiger partial charge in [0.05, 0.1) is 4.90 Å². The summed E-state index contributed by atoms with van der Waals surface area (Å²) in [6.45, 7) is 4.94. The molecule has 2 aromatic carbocycles. The minimum atomic E-state index is -3.45. The third kappa shape index (κ3) is 5.23. The number of hydrogen-bond acceptors (Lipinski definition) is 3. The monoisotopic (exact) mass is 395 g/mol. The molecule has 0 aromatic heterocycles. The van der Waals surface area contributed by atoms with Crippen LogP contribution in [0.1, 0.15) is 19.4 Å². The molecule has 0 fully saturated rings. The van der Waals surface area contributed by atoms with Crippen LogP contribution >= 0.6 is 12.2 Å². The van der Waals surface area contributed by atoms with Crippen LogP contribution in [0, 0.1) is 5.82 Å². The van der Waals surface area contributed by atoms with Gasteiger partial charge in [-0.05, 0) is 54.2 Å². The topological polar surface area (TPSA) is 61.4 Å². The Morgan fingerprint density at radius 3 is 2.15 bits per heavy atom. The van der Waals surface area contributed by atoms with E-state index in [1.54, 1.807) is 36.4 Å². The molecule has 0 unspecified atom stereocenters. The summed E-state index contributed by atoms with van der Waals surface area (Å²) in [6.07, 6.45) is 0. The zero-order valence-corrected chi connectivity index (χ0v) is 16.3. The molecule has 140 valence electrons. The van der Waals surface area contributed by atoms with Crippen molar-refractivity contribution in [1.82, 2.24) is 9.62 Å². The van der Waals surface area contributed by atoms with Gasteiger partial charge in [0, 0.05) is 25.3 Å². The van der Waals surface area contributed by atoms with E-state index in [4.69, 9.17) is 12.2 Å². The Morgan fingerprint density at radius 2 is 1.62 bits per heavy atom. The maximum Gasteiger partial charge on any atom is 0.243 e. The Hall–Kier alpha value is -2.03. The third-order valence-electron chi connectivity index (χ3n) is 3.82. The first-order valence-electron chi connectivity index (χ1n) is 8.26. The molecule has 0 aliphatic rings. The molecular formula is C18H22FN3O2S2. The fraction of sp³-hybridized carbons (Fsp3) is 0.278. The molecule has 0 aliphatic carbocycles. The van der Waals surface area contributed by atoms with Crippen LogP contribution in [0.5, 0.6) is 0 Å². The smallest absolute Gasteiger partial charge is 0.243 e. The summed E-state index contributed by atoms with van der Waals surface area (Å²) < 4.78 is 39.2. The van der Waals surface area contributed by atoms with Crippen molar-refractivity contribution in [3.63, 3.8) is 0 Å². The number of sulfonamides is 1. The molecule has 2 rings (SSSR count). The van der Waals surface area contributed by atoms with E-state index in [-0.39, 0.29) is 10.7 Å². The first-order valence-corrected chi connectivity index (χ1v) is 10.1. The Labute approximate surface area is 159 Å². The van der Waals surface area contributed by atoms with Crippen molar-refractivity contribution in [1.29, 1.82) is 0 Å². The van der Waals surface area contributed by atoms with Gasteiger partial charge in [-0.15, -0.1) is 0 Å². The fourth-order valence-electron chi connectivity index (χ4n) is 2.38. The molecule has 0 amide bonds. The lowest BCUT2D eigenvalue weighted by Crippen LogP contribution is -2.30. The molecule has 0 atom stereocenters. The number of nitrogens with zero attached hydrogens (tertiary/aromatic N) is 1. The van der Waals surface area contributed by atoms with Gasteiger partial charge in [-0.2, -0.15) is 4.31 Å². The van der Waals surface area contributed by atoms with E-state index >= 15 is 0 Å². The zero-order chi connectivity index (χ0) is 19.2. The standard InChI is InChI=1S/C18H22FN3O2S2/c1-3-22(4-2)26(23,24)17-11-5-14(6-12-17)13-20-18(25)21-16-9-7-15(19)8-10-16/h5-12H,3-4,13H2,1-2H3,(H2,20,21,25). The molecule has 0 bridgehead atoms. The Kier molecular flexibility index (Phi) is 7.07. The molecule has 8 heteroatoms. The summed E-state index contributed by atoms with van der Waals surface area (Å²) in [5.41, 5.74) is 1.58. The lowest BCUT2D eigenvalue weighted by molar-refractivity contribution is 0.445. The number of benzene rings is 2. The number of thiocarbonyl (C=S) groups is 1. The maximum atomic E-state index is 12.9. The van der Waals surface area contributed by atoms with Crippen LogP contribution in [0.3, 0.4) is 0 Å². The quantitative estimate of drug-likeness (QED) is 0.704. The molecule has 2 N–H and O–H groups in total. The first kappa shape index (κ1) is 20.3. The summed E-state index contributed by atoms with van der Waals surface area (Å²) in [4.78, 5) is 0.275. The Balaban J connectivity index is 1.94. The van der Waals surface area contributed by atoms with Gasteiger partial charge in [0.1, 0.15) is 5.82 Å². The van der Waals surface area contributed by atoms with Gasteiger partial charge in [-0.25, -0.2) is 12.8 Å². The van der Waals surface area contributed by atoms with Crippen molar-refractivity contribution in [3.8, 4) is 0 Å². The van der Waals surface area contributed by atoms with E-state index in [0.717, 1.165) is 5.56 Å². The average Bonchev–Trinajstić information content (AvgIpc) is 2.63. The van der Waals surface area contributed by atoms with Crippen molar-refractivity contribution in [2.45, 2.75) is 25.3 Å². The van der Waals surface area contributed by atoms with Gasteiger partial charge in [0.2, 0.25) is 10.0 Å². The van der Waals surface area contributed by atoms with Gasteiger partial charge in [0.15, 0.2) is 5.11 Å². The molecule has 2 aromatic rings. The van der Waals surface area contributed by atoms with Crippen LogP contribution in [0.15, 0.2) is 53.4 Å². The van der Waals surface area contributed by atoms with Gasteiger partial charge in [-0.1, -0.05) is 26.0 Å². The number of nitrogens with one attached hydrogen (secondary N) is 2. The van der Waals surface area contributed by atoms with Gasteiger partial charge >= 0.3 is 0 Å². The van der Waals surface area contributed by atoms with Crippen LogP contribution in [-0.4, -0.2) is 30.9 Å². The van der Waals surface area contributed by atoms with Crippen molar-refractivity contribution in [3.05, 3.63) is 59.9 Å². The van der Waals surface area contributed by atoms with E-state index in [1.165, 1.54) is 16.4 Å². The minimum Gasteiger partial charge on any atom is -0.358 e. The summed E-state index contributed by atoms with van der Waals surface area (Å²) in [6, 6.07) is 12.6. The van der Waals surface area contributed by atoms with Crippen LogP contribution in [-0.2, 0) is 16.6 Å². The van der Waals surface area contributed by atoms with E-state index in [2.05, 4.69) is 10.6 Å². The summed E-state index contributed by atoms with van der Waals surface area (Å²) in [7, 11) is -3.45. The second kappa shape index (κ2) is 9.07. The van der Waals surface area contributed by atoms with E-state index in [1.807, 2.05) is 13.8 Å². The minimum absolute atomic E-state index is 0.275. The normalized spacial score (nSPS) is 11.4. The van der Waals surface area contributed by atoms with Crippen molar-refractivity contribution >= 4 is 33.0 Å². The summed E-state index contributed by atoms with van der Waals surface area (Å²) in [5, 5.41) is 6.39. The molecule has 0 spiro atoms. The average molecular weight is 396 g/mol. The highest BCUT2D eigenvalue weighted by molar-refractivity contribution is 7.89. The largest absolute Gasteiger partial charge is 0.358 e. The molecule has 0 saturated heterocycles. The van der Waals surface area contributed by atoms with E-state index < -0.39 is 10.0 Å². The van der Waals surface area contributed by atoms with Gasteiger partial charge in [-0.3, -0.25) is 0 Å². The third-order valence-corrected chi connectivity index (χ3v) is 6.13. The van der Waals surface area contributed by atoms with Gasteiger partial charge in [0.25, 0.3) is 0 Å². The lowest BCUT2D eigenvalue weighted by Gasteiger charge is -2.18. The summed E-state index contributed by atoms with van der Waals surface area (Å²) in [5.74, 6) is -0.311. The number of hydrogen-bond donors (Lipinski definition) is 2. The second-order valence-electron chi connectivity index (χ2n) is 5.55. The van der Waals surface area contributed by atoms with Crippen LogP contribution in [0.2, 0.25) is 0 Å². The predicted molar refractivity (Wildman–Crippen MR) is 106 cm³/mol. The molecule has 0 heterocycles. The molecule has 26 heavy (non-hydrogen) atoms. The lowest BCUT2D eigenvalue weighted by atomic mass is 10.2. The number of halogens is 1. The molecule has 0 radical (unpaired) electrons.